The van der Waals surface area contributed by atoms with Crippen molar-refractivity contribution in [1.29, 1.82) is 0 Å². The van der Waals surface area contributed by atoms with Gasteiger partial charge in [-0.05, 0) is 40.3 Å². The SMILES string of the molecule is Cc1ccc(C(O)(c2ccccc2)[Si](C)(C)C2c3ccccc3-c3ccccc32)cc1.[CH3-].[Cl][Zr][Cl]. The fraction of sp³-hybridized carbons (Fsp3) is 0.167. The Bertz CT molecular complexity index is 1220. The molecule has 5 rings (SSSR count). The van der Waals surface area contributed by atoms with E-state index in [0.29, 0.717) is 0 Å². The minimum absolute atomic E-state index is 0. The molecule has 1 unspecified atom stereocenters. The van der Waals surface area contributed by atoms with Gasteiger partial charge in [-0.2, -0.15) is 0 Å². The first kappa shape index (κ1) is 28.1. The summed E-state index contributed by atoms with van der Waals surface area (Å²) in [4.78, 5) is 0. The summed E-state index contributed by atoms with van der Waals surface area (Å²) in [5.41, 5.74) is 8.69. The number of fused-ring (bicyclic) bond motifs is 3. The van der Waals surface area contributed by atoms with Crippen LogP contribution in [0.3, 0.4) is 0 Å². The van der Waals surface area contributed by atoms with Gasteiger partial charge >= 0.3 is 37.9 Å². The van der Waals surface area contributed by atoms with E-state index in [9.17, 15) is 5.11 Å². The van der Waals surface area contributed by atoms with Crippen molar-refractivity contribution in [3.05, 3.63) is 138 Å². The van der Waals surface area contributed by atoms with Crippen molar-refractivity contribution in [2.45, 2.75) is 30.8 Å². The molecule has 4 aromatic rings. The van der Waals surface area contributed by atoms with Crippen LogP contribution in [0, 0.1) is 14.4 Å². The molecule has 0 fully saturated rings. The number of hydrogen-bond donors (Lipinski definition) is 1. The van der Waals surface area contributed by atoms with Crippen molar-refractivity contribution < 1.29 is 26.0 Å². The summed E-state index contributed by atoms with van der Waals surface area (Å²) in [6.07, 6.45) is 0. The van der Waals surface area contributed by atoms with Crippen molar-refractivity contribution in [1.82, 2.24) is 0 Å². The number of aliphatic hydroxyl groups is 1. The Balaban J connectivity index is 0.000000815. The summed E-state index contributed by atoms with van der Waals surface area (Å²) in [5, 5.41) is 11.7. The first-order valence-corrected chi connectivity index (χ1v) is 20.8. The van der Waals surface area contributed by atoms with Gasteiger partial charge in [-0.25, -0.2) is 0 Å². The van der Waals surface area contributed by atoms with E-state index in [1.807, 2.05) is 18.2 Å². The molecule has 35 heavy (non-hydrogen) atoms. The standard InChI is InChI=1S/C29H28OSi.CH3.2ClH.Zr/c1-21-17-19-23(20-18-21)29(30,22-11-5-4-6-12-22)31(2,3)28-26-15-9-7-13-24(26)25-14-8-10-16-27(25)28;;;;/h4-20,28,30H,1-3H3;1H3;2*1H;/q;-1;;;+2/p-2. The van der Waals surface area contributed by atoms with Crippen LogP contribution in [-0.2, 0) is 26.1 Å². The second-order valence-electron chi connectivity index (χ2n) is 9.34. The first-order chi connectivity index (χ1) is 16.4. The second kappa shape index (κ2) is 11.7. The van der Waals surface area contributed by atoms with Crippen LogP contribution >= 0.6 is 17.0 Å². The third-order valence-corrected chi connectivity index (χ3v) is 11.7. The van der Waals surface area contributed by atoms with Crippen LogP contribution in [0.15, 0.2) is 103 Å². The van der Waals surface area contributed by atoms with Gasteiger partial charge in [0, 0.05) is 5.54 Å². The van der Waals surface area contributed by atoms with E-state index >= 15 is 0 Å². The van der Waals surface area contributed by atoms with Crippen molar-refractivity contribution in [3.63, 3.8) is 0 Å². The van der Waals surface area contributed by atoms with Crippen LogP contribution in [0.25, 0.3) is 11.1 Å². The second-order valence-corrected chi connectivity index (χ2v) is 17.8. The molecule has 1 aliphatic carbocycles. The molecule has 4 aromatic carbocycles. The molecule has 1 atom stereocenters. The van der Waals surface area contributed by atoms with Crippen molar-refractivity contribution in [2.24, 2.45) is 0 Å². The van der Waals surface area contributed by atoms with Gasteiger partial charge < -0.3 is 12.5 Å². The first-order valence-electron chi connectivity index (χ1n) is 11.4. The van der Waals surface area contributed by atoms with Crippen molar-refractivity contribution in [3.8, 4) is 11.1 Å². The molecule has 1 nitrogen and oxygen atoms in total. The normalized spacial score (nSPS) is 13.9. The van der Waals surface area contributed by atoms with Crippen LogP contribution in [0.2, 0.25) is 13.1 Å². The van der Waals surface area contributed by atoms with Gasteiger partial charge in [0.1, 0.15) is 13.3 Å². The monoisotopic (exact) mass is 595 g/mol. The third kappa shape index (κ3) is 5.04. The van der Waals surface area contributed by atoms with Crippen molar-refractivity contribution in [2.75, 3.05) is 0 Å². The van der Waals surface area contributed by atoms with Crippen molar-refractivity contribution >= 4 is 25.1 Å². The Morgan fingerprint density at radius 2 is 1.09 bits per heavy atom. The molecule has 0 spiro atoms. The molecule has 5 heteroatoms. The fourth-order valence-corrected chi connectivity index (χ4v) is 9.82. The van der Waals surface area contributed by atoms with Gasteiger partial charge in [0.05, 0.1) is 0 Å². The third-order valence-electron chi connectivity index (χ3n) is 7.15. The Labute approximate surface area is 229 Å². The summed E-state index contributed by atoms with van der Waals surface area (Å²) < 4.78 is 0. The molecule has 0 saturated heterocycles. The number of halogens is 2. The maximum atomic E-state index is 12.7. The summed E-state index contributed by atoms with van der Waals surface area (Å²) in [7, 11) is 7.40. The van der Waals surface area contributed by atoms with Crippen LogP contribution in [0.5, 0.6) is 0 Å². The molecule has 1 aliphatic rings. The van der Waals surface area contributed by atoms with E-state index in [1.165, 1.54) is 27.8 Å². The predicted octanol–water partition coefficient (Wildman–Crippen LogP) is 8.66. The molecule has 0 heterocycles. The molecule has 0 saturated carbocycles. The molecular weight excluding hydrogens is 567 g/mol. The summed E-state index contributed by atoms with van der Waals surface area (Å²) in [5.74, 6) is 0. The van der Waals surface area contributed by atoms with E-state index in [1.54, 1.807) is 0 Å². The predicted molar refractivity (Wildman–Crippen MR) is 150 cm³/mol. The zero-order valence-corrected chi connectivity index (χ0v) is 25.6. The summed E-state index contributed by atoms with van der Waals surface area (Å²) in [6.45, 7) is 6.80. The Kier molecular flexibility index (Phi) is 9.40. The molecular formula is C30H31Cl2OSiZr-. The van der Waals surface area contributed by atoms with Gasteiger partial charge in [0.25, 0.3) is 0 Å². The van der Waals surface area contributed by atoms with Crippen LogP contribution in [0.1, 0.15) is 33.4 Å². The number of benzene rings is 4. The maximum absolute atomic E-state index is 12.7. The van der Waals surface area contributed by atoms with E-state index in [2.05, 4.69) is 105 Å². The Morgan fingerprint density at radius 3 is 1.57 bits per heavy atom. The number of hydrogen-bond acceptors (Lipinski definition) is 1. The molecule has 0 bridgehead atoms. The molecule has 1 N–H and O–H groups in total. The van der Waals surface area contributed by atoms with Gasteiger partial charge in [-0.3, -0.25) is 0 Å². The van der Waals surface area contributed by atoms with E-state index in [-0.39, 0.29) is 13.0 Å². The van der Waals surface area contributed by atoms with Gasteiger partial charge in [0.2, 0.25) is 0 Å². The van der Waals surface area contributed by atoms with Gasteiger partial charge in [-0.1, -0.05) is 122 Å². The molecule has 0 aromatic heterocycles. The van der Waals surface area contributed by atoms with Gasteiger partial charge in [-0.15, -0.1) is 0 Å². The zero-order chi connectivity index (χ0) is 24.3. The molecule has 0 aliphatic heterocycles. The van der Waals surface area contributed by atoms with Crippen LogP contribution in [-0.4, -0.2) is 13.2 Å². The van der Waals surface area contributed by atoms with E-state index in [0.717, 1.165) is 11.1 Å². The zero-order valence-electron chi connectivity index (χ0n) is 20.6. The Hall–Kier alpha value is -1.48. The average molecular weight is 598 g/mol. The van der Waals surface area contributed by atoms with E-state index < -0.39 is 34.1 Å². The van der Waals surface area contributed by atoms with Crippen LogP contribution < -0.4 is 0 Å². The van der Waals surface area contributed by atoms with Gasteiger partial charge in [0.15, 0.2) is 0 Å². The average Bonchev–Trinajstić information content (AvgIpc) is 3.20. The molecule has 0 radical (unpaired) electrons. The van der Waals surface area contributed by atoms with E-state index in [4.69, 9.17) is 17.0 Å². The topological polar surface area (TPSA) is 20.2 Å². The molecule has 0 amide bonds. The summed E-state index contributed by atoms with van der Waals surface area (Å²) >= 11 is -0.826. The molecule has 180 valence electrons. The quantitative estimate of drug-likeness (QED) is 0.184. The fourth-order valence-electron chi connectivity index (χ4n) is 5.53. The summed E-state index contributed by atoms with van der Waals surface area (Å²) in [6, 6.07) is 36.2. The minimum atomic E-state index is -2.47. The number of rotatable bonds is 4. The van der Waals surface area contributed by atoms with Crippen LogP contribution in [0.4, 0.5) is 0 Å². The number of aryl methyl sites for hydroxylation is 1. The Morgan fingerprint density at radius 1 is 0.686 bits per heavy atom.